The van der Waals surface area contributed by atoms with Crippen LogP contribution < -0.4 is 5.73 Å². The van der Waals surface area contributed by atoms with Crippen LogP contribution in [0.4, 0.5) is 5.82 Å². The van der Waals surface area contributed by atoms with Gasteiger partial charge < -0.3 is 5.73 Å². The average Bonchev–Trinajstić information content (AvgIpc) is 2.65. The number of anilines is 1. The molecule has 0 fully saturated rings. The lowest BCUT2D eigenvalue weighted by Crippen LogP contribution is -2.27. The van der Waals surface area contributed by atoms with Gasteiger partial charge in [-0.05, 0) is 27.3 Å². The van der Waals surface area contributed by atoms with Gasteiger partial charge in [0.1, 0.15) is 5.82 Å². The predicted octanol–water partition coefficient (Wildman–Crippen LogP) is 1.56. The molecule has 2 N–H and O–H groups in total. The molecule has 0 aliphatic carbocycles. The van der Waals surface area contributed by atoms with Crippen LogP contribution in [0.15, 0.2) is 0 Å². The Bertz CT molecular complexity index is 373. The summed E-state index contributed by atoms with van der Waals surface area (Å²) in [6.07, 6.45) is 0. The molecule has 1 aliphatic heterocycles. The molecule has 84 valence electrons. The number of aromatic nitrogens is 2. The molecule has 1 aromatic rings. The molecule has 2 rings (SSSR count). The molecule has 1 aromatic heterocycles. The van der Waals surface area contributed by atoms with Crippen molar-refractivity contribution in [3.63, 3.8) is 0 Å². The van der Waals surface area contributed by atoms with Crippen LogP contribution in [0.5, 0.6) is 0 Å². The third-order valence-electron chi connectivity index (χ3n) is 2.96. The van der Waals surface area contributed by atoms with Crippen molar-refractivity contribution in [2.75, 3.05) is 12.3 Å². The Balaban J connectivity index is 2.42. The largest absolute Gasteiger partial charge is 0.382 e. The molecule has 15 heavy (non-hydrogen) atoms. The monoisotopic (exact) mass is 208 g/mol. The molecule has 1 aliphatic rings. The van der Waals surface area contributed by atoms with Gasteiger partial charge in [0, 0.05) is 18.7 Å². The Kier molecular flexibility index (Phi) is 2.26. The molecule has 4 nitrogen and oxygen atoms in total. The molecule has 4 heteroatoms. The van der Waals surface area contributed by atoms with Gasteiger partial charge in [-0.3, -0.25) is 9.58 Å². The Hall–Kier alpha value is -1.03. The fraction of sp³-hybridized carbons (Fsp3) is 0.727. The van der Waals surface area contributed by atoms with Crippen LogP contribution in [-0.4, -0.2) is 21.2 Å². The van der Waals surface area contributed by atoms with Crippen LogP contribution in [0.3, 0.4) is 0 Å². The minimum Gasteiger partial charge on any atom is -0.382 e. The molecule has 0 unspecified atom stereocenters. The highest BCUT2D eigenvalue weighted by Crippen LogP contribution is 2.30. The van der Waals surface area contributed by atoms with E-state index in [1.807, 2.05) is 0 Å². The van der Waals surface area contributed by atoms with E-state index in [4.69, 9.17) is 5.73 Å². The van der Waals surface area contributed by atoms with E-state index >= 15 is 0 Å². The van der Waals surface area contributed by atoms with E-state index in [1.165, 1.54) is 11.3 Å². The normalized spacial score (nSPS) is 17.1. The minimum absolute atomic E-state index is 0.0193. The smallest absolute Gasteiger partial charge is 0.150 e. The van der Waals surface area contributed by atoms with Crippen molar-refractivity contribution in [1.29, 1.82) is 0 Å². The highest BCUT2D eigenvalue weighted by Gasteiger charge is 2.29. The van der Waals surface area contributed by atoms with E-state index in [-0.39, 0.29) is 5.54 Å². The van der Waals surface area contributed by atoms with Gasteiger partial charge in [-0.2, -0.15) is 5.10 Å². The number of fused-ring (bicyclic) bond motifs is 1. The fourth-order valence-electron chi connectivity index (χ4n) is 2.11. The molecule has 0 saturated heterocycles. The molecular formula is C11H20N4. The fourth-order valence-corrected chi connectivity index (χ4v) is 2.11. The SMILES string of the molecule is CCN1Cc2c(N)nn(C(C)(C)C)c2C1. The van der Waals surface area contributed by atoms with Crippen LogP contribution in [-0.2, 0) is 18.6 Å². The van der Waals surface area contributed by atoms with Crippen molar-refractivity contribution in [3.05, 3.63) is 11.3 Å². The van der Waals surface area contributed by atoms with Gasteiger partial charge in [0.05, 0.1) is 11.2 Å². The topological polar surface area (TPSA) is 47.1 Å². The maximum Gasteiger partial charge on any atom is 0.150 e. The Morgan fingerprint density at radius 2 is 2.00 bits per heavy atom. The van der Waals surface area contributed by atoms with Crippen molar-refractivity contribution < 1.29 is 0 Å². The average molecular weight is 208 g/mol. The van der Waals surface area contributed by atoms with Crippen molar-refractivity contribution in [1.82, 2.24) is 14.7 Å². The number of hydrogen-bond acceptors (Lipinski definition) is 3. The Morgan fingerprint density at radius 1 is 1.33 bits per heavy atom. The predicted molar refractivity (Wildman–Crippen MR) is 61.4 cm³/mol. The lowest BCUT2D eigenvalue weighted by molar-refractivity contribution is 0.276. The maximum atomic E-state index is 5.95. The van der Waals surface area contributed by atoms with Crippen molar-refractivity contribution in [2.24, 2.45) is 0 Å². The molecule has 0 bridgehead atoms. The second-order valence-electron chi connectivity index (χ2n) is 5.20. The van der Waals surface area contributed by atoms with Crippen molar-refractivity contribution in [2.45, 2.75) is 46.3 Å². The maximum absolute atomic E-state index is 5.95. The van der Waals surface area contributed by atoms with Crippen LogP contribution in [0, 0.1) is 0 Å². The third-order valence-corrected chi connectivity index (χ3v) is 2.96. The zero-order valence-corrected chi connectivity index (χ0v) is 10.0. The molecule has 2 heterocycles. The van der Waals surface area contributed by atoms with Gasteiger partial charge in [-0.1, -0.05) is 6.92 Å². The third kappa shape index (κ3) is 1.63. The summed E-state index contributed by atoms with van der Waals surface area (Å²) in [5.74, 6) is 0.705. The van der Waals surface area contributed by atoms with E-state index in [0.717, 1.165) is 19.6 Å². The summed E-state index contributed by atoms with van der Waals surface area (Å²) >= 11 is 0. The second kappa shape index (κ2) is 3.23. The summed E-state index contributed by atoms with van der Waals surface area (Å²) < 4.78 is 2.08. The highest BCUT2D eigenvalue weighted by atomic mass is 15.4. The minimum atomic E-state index is 0.0193. The van der Waals surface area contributed by atoms with E-state index in [0.29, 0.717) is 5.82 Å². The summed E-state index contributed by atoms with van der Waals surface area (Å²) in [5.41, 5.74) is 8.49. The molecule has 0 spiro atoms. The number of nitrogens with two attached hydrogens (primary N) is 1. The first kappa shape index (κ1) is 10.5. The molecule has 0 amide bonds. The number of nitrogen functional groups attached to an aromatic ring is 1. The van der Waals surface area contributed by atoms with Gasteiger partial charge in [0.25, 0.3) is 0 Å². The van der Waals surface area contributed by atoms with Gasteiger partial charge >= 0.3 is 0 Å². The van der Waals surface area contributed by atoms with E-state index in [2.05, 4.69) is 42.4 Å². The molecule has 0 radical (unpaired) electrons. The van der Waals surface area contributed by atoms with Gasteiger partial charge in [0.2, 0.25) is 0 Å². The first-order valence-electron chi connectivity index (χ1n) is 5.52. The van der Waals surface area contributed by atoms with Crippen LogP contribution >= 0.6 is 0 Å². The number of nitrogens with zero attached hydrogens (tertiary/aromatic N) is 3. The summed E-state index contributed by atoms with van der Waals surface area (Å²) in [7, 11) is 0. The quantitative estimate of drug-likeness (QED) is 0.761. The number of rotatable bonds is 1. The summed E-state index contributed by atoms with van der Waals surface area (Å²) in [6.45, 7) is 11.7. The lowest BCUT2D eigenvalue weighted by Gasteiger charge is -2.22. The van der Waals surface area contributed by atoms with Crippen LogP contribution in [0.25, 0.3) is 0 Å². The molecule has 0 saturated carbocycles. The highest BCUT2D eigenvalue weighted by molar-refractivity contribution is 5.45. The van der Waals surface area contributed by atoms with Crippen LogP contribution in [0.2, 0.25) is 0 Å². The van der Waals surface area contributed by atoms with Gasteiger partial charge in [-0.25, -0.2) is 0 Å². The summed E-state index contributed by atoms with van der Waals surface area (Å²) in [5, 5.41) is 4.44. The summed E-state index contributed by atoms with van der Waals surface area (Å²) in [4.78, 5) is 2.38. The van der Waals surface area contributed by atoms with Crippen molar-refractivity contribution >= 4 is 5.82 Å². The molecule has 0 aromatic carbocycles. The lowest BCUT2D eigenvalue weighted by atomic mass is 10.1. The first-order chi connectivity index (χ1) is 6.93. The van der Waals surface area contributed by atoms with Gasteiger partial charge in [0.15, 0.2) is 0 Å². The first-order valence-corrected chi connectivity index (χ1v) is 5.52. The molecule has 0 atom stereocenters. The summed E-state index contributed by atoms with van der Waals surface area (Å²) in [6, 6.07) is 0. The van der Waals surface area contributed by atoms with E-state index in [1.54, 1.807) is 0 Å². The second-order valence-corrected chi connectivity index (χ2v) is 5.20. The number of hydrogen-bond donors (Lipinski definition) is 1. The Morgan fingerprint density at radius 3 is 2.53 bits per heavy atom. The van der Waals surface area contributed by atoms with Crippen molar-refractivity contribution in [3.8, 4) is 0 Å². The zero-order valence-electron chi connectivity index (χ0n) is 10.0. The zero-order chi connectivity index (χ0) is 11.2. The standard InChI is InChI=1S/C11H20N4/c1-5-14-6-8-9(7-14)15(11(2,3)4)13-10(8)12/h5-7H2,1-4H3,(H2,12,13). The Labute approximate surface area is 91.1 Å². The van der Waals surface area contributed by atoms with Crippen LogP contribution in [0.1, 0.15) is 39.0 Å². The van der Waals surface area contributed by atoms with E-state index < -0.39 is 0 Å². The molecular weight excluding hydrogens is 188 g/mol. The van der Waals surface area contributed by atoms with E-state index in [9.17, 15) is 0 Å². The van der Waals surface area contributed by atoms with Gasteiger partial charge in [-0.15, -0.1) is 0 Å².